The first-order valence-electron chi connectivity index (χ1n) is 4.56. The second-order valence-corrected chi connectivity index (χ2v) is 3.21. The van der Waals surface area contributed by atoms with Gasteiger partial charge in [-0.05, 0) is 12.1 Å². The van der Waals surface area contributed by atoms with Gasteiger partial charge in [-0.25, -0.2) is 4.79 Å². The first-order chi connectivity index (χ1) is 7.22. The normalized spacial score (nSPS) is 12.6. The molecule has 76 valence electrons. The molecule has 3 heteroatoms. The highest BCUT2D eigenvalue weighted by molar-refractivity contribution is 5.76. The van der Waals surface area contributed by atoms with Gasteiger partial charge in [0.2, 0.25) is 0 Å². The van der Waals surface area contributed by atoms with Gasteiger partial charge in [0.1, 0.15) is 11.7 Å². The molecular weight excluding hydrogens is 192 g/mol. The summed E-state index contributed by atoms with van der Waals surface area (Å²) in [6.07, 6.45) is 0.312. The Morgan fingerprint density at radius 1 is 1.40 bits per heavy atom. The van der Waals surface area contributed by atoms with Crippen LogP contribution in [0.5, 0.6) is 0 Å². The topological polar surface area (TPSA) is 50.4 Å². The Labute approximate surface area is 86.3 Å². The van der Waals surface area contributed by atoms with Crippen molar-refractivity contribution in [2.75, 3.05) is 0 Å². The highest BCUT2D eigenvalue weighted by Crippen LogP contribution is 2.16. The molecule has 0 aliphatic heterocycles. The molecule has 0 amide bonds. The van der Waals surface area contributed by atoms with Crippen molar-refractivity contribution in [3.63, 3.8) is 0 Å². The van der Waals surface area contributed by atoms with Crippen molar-refractivity contribution in [1.82, 2.24) is 0 Å². The minimum absolute atomic E-state index is 0.212. The zero-order valence-corrected chi connectivity index (χ0v) is 8.01. The zero-order valence-electron chi connectivity index (χ0n) is 8.01. The van der Waals surface area contributed by atoms with Crippen LogP contribution in [0.1, 0.15) is 11.7 Å². The van der Waals surface area contributed by atoms with E-state index in [1.165, 1.54) is 6.08 Å². The minimum atomic E-state index is -0.981. The zero-order chi connectivity index (χ0) is 10.8. The van der Waals surface area contributed by atoms with E-state index in [0.29, 0.717) is 5.58 Å². The molecule has 2 aromatic rings. The molecule has 0 radical (unpaired) electrons. The molecule has 0 saturated heterocycles. The highest BCUT2D eigenvalue weighted by Gasteiger charge is 2.10. The molecule has 1 aromatic heterocycles. The molecule has 0 bridgehead atoms. The summed E-state index contributed by atoms with van der Waals surface area (Å²) in [6.45, 7) is 3.43. The van der Waals surface area contributed by atoms with Gasteiger partial charge in [0.05, 0.1) is 5.56 Å². The van der Waals surface area contributed by atoms with Crippen molar-refractivity contribution < 1.29 is 9.52 Å². The van der Waals surface area contributed by atoms with Gasteiger partial charge in [0.25, 0.3) is 0 Å². The van der Waals surface area contributed by atoms with Crippen molar-refractivity contribution in [1.29, 1.82) is 0 Å². The average Bonchev–Trinajstić information content (AvgIpc) is 2.27. The molecular formula is C12H10O3. The molecule has 15 heavy (non-hydrogen) atoms. The smallest absolute Gasteiger partial charge is 0.342 e. The SMILES string of the molecule is C=CC(O)c1cc2ccccc2oc1=O. The Hall–Kier alpha value is -1.87. The Morgan fingerprint density at radius 2 is 2.13 bits per heavy atom. The number of rotatable bonds is 2. The summed E-state index contributed by atoms with van der Waals surface area (Å²) in [4.78, 5) is 11.5. The average molecular weight is 202 g/mol. The van der Waals surface area contributed by atoms with E-state index in [9.17, 15) is 9.90 Å². The maximum atomic E-state index is 11.5. The molecule has 0 saturated carbocycles. The van der Waals surface area contributed by atoms with Crippen molar-refractivity contribution in [2.45, 2.75) is 6.10 Å². The minimum Gasteiger partial charge on any atom is -0.422 e. The van der Waals surface area contributed by atoms with E-state index in [0.717, 1.165) is 5.39 Å². The molecule has 1 N–H and O–H groups in total. The third-order valence-corrected chi connectivity index (χ3v) is 2.21. The number of aliphatic hydroxyl groups excluding tert-OH is 1. The second kappa shape index (κ2) is 3.71. The van der Waals surface area contributed by atoms with Crippen LogP contribution in [0.4, 0.5) is 0 Å². The summed E-state index contributed by atoms with van der Waals surface area (Å²) in [6, 6.07) is 8.77. The third-order valence-electron chi connectivity index (χ3n) is 2.21. The third kappa shape index (κ3) is 1.69. The van der Waals surface area contributed by atoms with Crippen molar-refractivity contribution in [2.24, 2.45) is 0 Å². The van der Waals surface area contributed by atoms with Crippen molar-refractivity contribution in [3.05, 3.63) is 59.0 Å². The van der Waals surface area contributed by atoms with E-state index in [2.05, 4.69) is 6.58 Å². The van der Waals surface area contributed by atoms with E-state index in [1.807, 2.05) is 12.1 Å². The first kappa shape index (κ1) is 9.68. The molecule has 0 fully saturated rings. The van der Waals surface area contributed by atoms with E-state index < -0.39 is 11.7 Å². The predicted octanol–water partition coefficient (Wildman–Crippen LogP) is 2.01. The van der Waals surface area contributed by atoms with E-state index >= 15 is 0 Å². The van der Waals surface area contributed by atoms with Gasteiger partial charge in [0.15, 0.2) is 0 Å². The van der Waals surface area contributed by atoms with Gasteiger partial charge in [-0.1, -0.05) is 24.3 Å². The lowest BCUT2D eigenvalue weighted by molar-refractivity contribution is 0.224. The largest absolute Gasteiger partial charge is 0.422 e. The fourth-order valence-electron chi connectivity index (χ4n) is 1.41. The van der Waals surface area contributed by atoms with Crippen LogP contribution in [0, 0.1) is 0 Å². The molecule has 0 spiro atoms. The Morgan fingerprint density at radius 3 is 2.87 bits per heavy atom. The lowest BCUT2D eigenvalue weighted by Gasteiger charge is -2.04. The molecule has 3 nitrogen and oxygen atoms in total. The molecule has 2 rings (SSSR count). The highest BCUT2D eigenvalue weighted by atomic mass is 16.4. The number of aliphatic hydroxyl groups is 1. The van der Waals surface area contributed by atoms with E-state index in [4.69, 9.17) is 4.42 Å². The fourth-order valence-corrected chi connectivity index (χ4v) is 1.41. The van der Waals surface area contributed by atoms with E-state index in [1.54, 1.807) is 18.2 Å². The van der Waals surface area contributed by atoms with Crippen LogP contribution in [0.25, 0.3) is 11.0 Å². The molecule has 0 aliphatic rings. The van der Waals surface area contributed by atoms with Crippen LogP contribution >= 0.6 is 0 Å². The summed E-state index contributed by atoms with van der Waals surface area (Å²) >= 11 is 0. The Balaban J connectivity index is 2.72. The van der Waals surface area contributed by atoms with Crippen LogP contribution in [0.2, 0.25) is 0 Å². The molecule has 1 atom stereocenters. The lowest BCUT2D eigenvalue weighted by atomic mass is 10.1. The monoisotopic (exact) mass is 202 g/mol. The Bertz CT molecular complexity index is 554. The first-order valence-corrected chi connectivity index (χ1v) is 4.56. The molecule has 1 heterocycles. The number of hydrogen-bond donors (Lipinski definition) is 1. The predicted molar refractivity (Wildman–Crippen MR) is 57.6 cm³/mol. The second-order valence-electron chi connectivity index (χ2n) is 3.21. The van der Waals surface area contributed by atoms with Crippen LogP contribution in [0.3, 0.4) is 0 Å². The molecule has 1 aromatic carbocycles. The maximum absolute atomic E-state index is 11.5. The van der Waals surface area contributed by atoms with Gasteiger partial charge in [-0.15, -0.1) is 6.58 Å². The lowest BCUT2D eigenvalue weighted by Crippen LogP contribution is -2.10. The van der Waals surface area contributed by atoms with Crippen LogP contribution in [-0.4, -0.2) is 5.11 Å². The summed E-state index contributed by atoms with van der Waals surface area (Å²) in [7, 11) is 0. The van der Waals surface area contributed by atoms with Gasteiger partial charge < -0.3 is 9.52 Å². The van der Waals surface area contributed by atoms with Gasteiger partial charge in [-0.3, -0.25) is 0 Å². The number of benzene rings is 1. The van der Waals surface area contributed by atoms with Gasteiger partial charge in [0, 0.05) is 5.39 Å². The molecule has 0 aliphatic carbocycles. The Kier molecular flexibility index (Phi) is 2.39. The number of para-hydroxylation sites is 1. The number of fused-ring (bicyclic) bond motifs is 1. The standard InChI is InChI=1S/C12H10O3/c1-2-10(13)9-7-8-5-3-4-6-11(8)15-12(9)14/h2-7,10,13H,1H2. The number of hydrogen-bond acceptors (Lipinski definition) is 3. The summed E-state index contributed by atoms with van der Waals surface area (Å²) in [5, 5.41) is 10.3. The molecule has 1 unspecified atom stereocenters. The van der Waals surface area contributed by atoms with Gasteiger partial charge in [-0.2, -0.15) is 0 Å². The summed E-state index contributed by atoms with van der Waals surface area (Å²) < 4.78 is 5.05. The van der Waals surface area contributed by atoms with Crippen LogP contribution in [0.15, 0.2) is 52.2 Å². The summed E-state index contributed by atoms with van der Waals surface area (Å²) in [5.74, 6) is 0. The maximum Gasteiger partial charge on any atom is 0.342 e. The van der Waals surface area contributed by atoms with Crippen LogP contribution < -0.4 is 5.63 Å². The quantitative estimate of drug-likeness (QED) is 0.598. The van der Waals surface area contributed by atoms with Crippen molar-refractivity contribution >= 4 is 11.0 Å². The van der Waals surface area contributed by atoms with Crippen LogP contribution in [-0.2, 0) is 0 Å². The summed E-state index contributed by atoms with van der Waals surface area (Å²) in [5.41, 5.74) is 0.201. The van der Waals surface area contributed by atoms with E-state index in [-0.39, 0.29) is 5.56 Å². The van der Waals surface area contributed by atoms with Crippen molar-refractivity contribution in [3.8, 4) is 0 Å². The fraction of sp³-hybridized carbons (Fsp3) is 0.0833. The van der Waals surface area contributed by atoms with Gasteiger partial charge >= 0.3 is 5.63 Å².